The Morgan fingerprint density at radius 2 is 2.22 bits per heavy atom. The van der Waals surface area contributed by atoms with E-state index >= 15 is 0 Å². The number of carbonyl (C=O) groups is 1. The number of ketones is 1. The van der Waals surface area contributed by atoms with Gasteiger partial charge in [-0.2, -0.15) is 0 Å². The summed E-state index contributed by atoms with van der Waals surface area (Å²) in [6, 6.07) is 0. The number of rotatable bonds is 3. The number of aliphatic hydroxyl groups excluding tert-OH is 2. The van der Waals surface area contributed by atoms with Crippen LogP contribution in [0.5, 0.6) is 0 Å². The molecule has 0 saturated heterocycles. The van der Waals surface area contributed by atoms with Crippen LogP contribution in [0.4, 0.5) is 0 Å². The van der Waals surface area contributed by atoms with Crippen LogP contribution in [0.2, 0.25) is 0 Å². The van der Waals surface area contributed by atoms with E-state index in [-0.39, 0.29) is 0 Å². The largest absolute Gasteiger partial charge is 0.394 e. The minimum Gasteiger partial charge on any atom is -0.394 e. The van der Waals surface area contributed by atoms with E-state index < -0.39 is 24.6 Å². The molecule has 0 amide bonds. The Bertz CT molecular complexity index is 134. The van der Waals surface area contributed by atoms with E-state index in [2.05, 4.69) is 0 Å². The molecule has 4 nitrogen and oxygen atoms in total. The Morgan fingerprint density at radius 1 is 1.78 bits per heavy atom. The standard InChI is InChI=1S/C5H10O4/c1-3(7)5(9)4(8)2-6/h4-6,8-9H,2H2,1H3/t4-,5-/m1/s1/i4D. The van der Waals surface area contributed by atoms with Crippen LogP contribution in [0, 0.1) is 0 Å². The van der Waals surface area contributed by atoms with Gasteiger partial charge in [-0.15, -0.1) is 0 Å². The normalized spacial score (nSPS) is 22.0. The van der Waals surface area contributed by atoms with E-state index in [4.69, 9.17) is 16.7 Å². The third kappa shape index (κ3) is 2.55. The fraction of sp³-hybridized carbons (Fsp3) is 0.800. The summed E-state index contributed by atoms with van der Waals surface area (Å²) >= 11 is 0. The summed E-state index contributed by atoms with van der Waals surface area (Å²) in [5, 5.41) is 25.7. The molecule has 0 aliphatic rings. The molecule has 0 rings (SSSR count). The van der Waals surface area contributed by atoms with Gasteiger partial charge in [-0.1, -0.05) is 0 Å². The lowest BCUT2D eigenvalue weighted by Gasteiger charge is -2.10. The summed E-state index contributed by atoms with van der Waals surface area (Å²) in [5.74, 6) is -0.744. The molecule has 0 spiro atoms. The lowest BCUT2D eigenvalue weighted by atomic mass is 10.1. The average molecular weight is 135 g/mol. The van der Waals surface area contributed by atoms with Crippen LogP contribution in [0.1, 0.15) is 8.29 Å². The van der Waals surface area contributed by atoms with Crippen LogP contribution in [0.25, 0.3) is 0 Å². The molecule has 0 aromatic carbocycles. The van der Waals surface area contributed by atoms with Gasteiger partial charge in [0, 0.05) is 0 Å². The van der Waals surface area contributed by atoms with Crippen molar-refractivity contribution in [3.63, 3.8) is 0 Å². The molecular formula is C5H10O4. The van der Waals surface area contributed by atoms with Crippen molar-refractivity contribution in [2.24, 2.45) is 0 Å². The van der Waals surface area contributed by atoms with Crippen molar-refractivity contribution in [3.8, 4) is 0 Å². The van der Waals surface area contributed by atoms with Gasteiger partial charge in [0.2, 0.25) is 0 Å². The van der Waals surface area contributed by atoms with E-state index in [0.29, 0.717) is 0 Å². The Balaban J connectivity index is 4.17. The van der Waals surface area contributed by atoms with Gasteiger partial charge in [0.05, 0.1) is 7.98 Å². The zero-order valence-corrected chi connectivity index (χ0v) is 5.03. The summed E-state index contributed by atoms with van der Waals surface area (Å²) < 4.78 is 6.75. The lowest BCUT2D eigenvalue weighted by Crippen LogP contribution is -2.34. The monoisotopic (exact) mass is 135 g/mol. The third-order valence-corrected chi connectivity index (χ3v) is 0.863. The number of aliphatic hydroxyl groups is 3. The summed E-state index contributed by atoms with van der Waals surface area (Å²) in [6.45, 7) is 0.0631. The molecule has 3 N–H and O–H groups in total. The number of carbonyl (C=O) groups excluding carboxylic acids is 1. The van der Waals surface area contributed by atoms with Gasteiger partial charge in [0.15, 0.2) is 5.78 Å². The van der Waals surface area contributed by atoms with Gasteiger partial charge in [-0.25, -0.2) is 0 Å². The van der Waals surface area contributed by atoms with Crippen molar-refractivity contribution in [2.75, 3.05) is 6.61 Å². The highest BCUT2D eigenvalue weighted by molar-refractivity contribution is 5.80. The first kappa shape index (κ1) is 6.67. The van der Waals surface area contributed by atoms with E-state index in [1.54, 1.807) is 0 Å². The molecule has 0 unspecified atom stereocenters. The first-order valence-electron chi connectivity index (χ1n) is 2.93. The highest BCUT2D eigenvalue weighted by Crippen LogP contribution is 1.92. The summed E-state index contributed by atoms with van der Waals surface area (Å²) in [5.41, 5.74) is 0. The first-order valence-corrected chi connectivity index (χ1v) is 2.43. The van der Waals surface area contributed by atoms with Gasteiger partial charge in [-0.3, -0.25) is 4.79 Å². The van der Waals surface area contributed by atoms with Gasteiger partial charge >= 0.3 is 0 Å². The molecule has 0 saturated carbocycles. The van der Waals surface area contributed by atoms with E-state index in [0.717, 1.165) is 6.92 Å². The number of hydrogen-bond acceptors (Lipinski definition) is 4. The van der Waals surface area contributed by atoms with Crippen molar-refractivity contribution in [3.05, 3.63) is 0 Å². The van der Waals surface area contributed by atoms with E-state index in [9.17, 15) is 4.79 Å². The molecule has 0 fully saturated rings. The van der Waals surface area contributed by atoms with Crippen LogP contribution in [-0.4, -0.2) is 39.9 Å². The molecule has 0 heterocycles. The molecule has 0 bridgehead atoms. The molecule has 9 heavy (non-hydrogen) atoms. The topological polar surface area (TPSA) is 77.8 Å². The van der Waals surface area contributed by atoms with Gasteiger partial charge < -0.3 is 15.3 Å². The van der Waals surface area contributed by atoms with Crippen molar-refractivity contribution in [2.45, 2.75) is 19.1 Å². The highest BCUT2D eigenvalue weighted by atomic mass is 16.4. The smallest absolute Gasteiger partial charge is 0.160 e. The van der Waals surface area contributed by atoms with E-state index in [1.165, 1.54) is 0 Å². The van der Waals surface area contributed by atoms with E-state index in [1.807, 2.05) is 0 Å². The van der Waals surface area contributed by atoms with Gasteiger partial charge in [-0.05, 0) is 6.92 Å². The zero-order chi connectivity index (χ0) is 8.36. The van der Waals surface area contributed by atoms with Crippen molar-refractivity contribution in [1.29, 1.82) is 0 Å². The predicted molar refractivity (Wildman–Crippen MR) is 29.8 cm³/mol. The molecule has 0 aliphatic heterocycles. The van der Waals surface area contributed by atoms with Crippen LogP contribution in [0.3, 0.4) is 0 Å². The van der Waals surface area contributed by atoms with Crippen molar-refractivity contribution >= 4 is 5.78 Å². The Morgan fingerprint density at radius 3 is 2.33 bits per heavy atom. The number of hydrogen-bond donors (Lipinski definition) is 3. The second-order valence-corrected chi connectivity index (χ2v) is 1.66. The van der Waals surface area contributed by atoms with Crippen LogP contribution < -0.4 is 0 Å². The Kier molecular flexibility index (Phi) is 2.63. The molecule has 0 aromatic heterocycles. The fourth-order valence-corrected chi connectivity index (χ4v) is 0.321. The molecule has 0 aromatic rings. The maximum Gasteiger partial charge on any atom is 0.160 e. The minimum absolute atomic E-state index is 0.744. The minimum atomic E-state index is -2.47. The summed E-state index contributed by atoms with van der Waals surface area (Å²) in [7, 11) is 0. The highest BCUT2D eigenvalue weighted by Gasteiger charge is 2.18. The molecule has 0 radical (unpaired) electrons. The molecule has 0 aliphatic carbocycles. The van der Waals surface area contributed by atoms with Crippen molar-refractivity contribution < 1.29 is 21.5 Å². The van der Waals surface area contributed by atoms with Crippen LogP contribution in [-0.2, 0) is 4.79 Å². The average Bonchev–Trinajstić information content (AvgIpc) is 1.86. The fourth-order valence-electron chi connectivity index (χ4n) is 0.321. The molecule has 2 atom stereocenters. The quantitative estimate of drug-likeness (QED) is 0.430. The summed E-state index contributed by atoms with van der Waals surface area (Å²) in [6.07, 6.45) is -4.30. The zero-order valence-electron chi connectivity index (χ0n) is 6.03. The third-order valence-electron chi connectivity index (χ3n) is 0.863. The second kappa shape index (κ2) is 3.55. The maximum absolute atomic E-state index is 10.3. The number of Topliss-reactive ketones (excluding diaryl/α,β-unsaturated/α-hetero) is 1. The second-order valence-electron chi connectivity index (χ2n) is 1.66. The molecular weight excluding hydrogens is 124 g/mol. The van der Waals surface area contributed by atoms with Gasteiger partial charge in [0.1, 0.15) is 12.2 Å². The SMILES string of the molecule is [2H][C@@](O)(CO)[C@H](O)C(C)=O. The maximum atomic E-state index is 10.3. The lowest BCUT2D eigenvalue weighted by molar-refractivity contribution is -0.132. The Labute approximate surface area is 54.1 Å². The molecule has 54 valence electrons. The van der Waals surface area contributed by atoms with Crippen LogP contribution in [0.15, 0.2) is 0 Å². The van der Waals surface area contributed by atoms with Crippen molar-refractivity contribution in [1.82, 2.24) is 0 Å². The van der Waals surface area contributed by atoms with Gasteiger partial charge in [0.25, 0.3) is 0 Å². The Hall–Kier alpha value is -0.450. The van der Waals surface area contributed by atoms with Crippen LogP contribution >= 0.6 is 0 Å². The summed E-state index contributed by atoms with van der Waals surface area (Å²) in [4.78, 5) is 10.3. The first-order chi connectivity index (χ1) is 4.41. The predicted octanol–water partition coefficient (Wildman–Crippen LogP) is -1.71. The molecule has 4 heteroatoms.